The number of aromatic nitrogens is 1. The van der Waals surface area contributed by atoms with Gasteiger partial charge >= 0.3 is 0 Å². The first-order valence-electron chi connectivity index (χ1n) is 11.1. The van der Waals surface area contributed by atoms with E-state index in [4.69, 9.17) is 11.5 Å². The standard InChI is InChI=1S/C29H31N3/c1-20(2)16-22-8-14-28(30)24(18-22)10-12-26-6-5-7-27(32-26)13-11-25-19-23(17-21(3)4)9-15-29(25)31/h5-9,14-15,18-21H,16-17,30-31H2,1-4H3. The normalized spacial score (nSPS) is 10.4. The molecule has 0 radical (unpaired) electrons. The summed E-state index contributed by atoms with van der Waals surface area (Å²) in [6.07, 6.45) is 2.00. The third-order valence-electron chi connectivity index (χ3n) is 4.92. The van der Waals surface area contributed by atoms with E-state index < -0.39 is 0 Å². The van der Waals surface area contributed by atoms with Gasteiger partial charge in [0.2, 0.25) is 0 Å². The Morgan fingerprint density at radius 3 is 1.50 bits per heavy atom. The zero-order valence-corrected chi connectivity index (χ0v) is 19.4. The number of pyridine rings is 1. The van der Waals surface area contributed by atoms with E-state index in [-0.39, 0.29) is 0 Å². The highest BCUT2D eigenvalue weighted by Gasteiger charge is 2.03. The van der Waals surface area contributed by atoms with Crippen LogP contribution in [0.2, 0.25) is 0 Å². The smallest absolute Gasteiger partial charge is 0.115 e. The van der Waals surface area contributed by atoms with Crippen LogP contribution in [0.1, 0.15) is 61.3 Å². The van der Waals surface area contributed by atoms with Gasteiger partial charge in [0.1, 0.15) is 11.4 Å². The van der Waals surface area contributed by atoms with Gasteiger partial charge in [-0.1, -0.05) is 57.7 Å². The van der Waals surface area contributed by atoms with E-state index in [0.717, 1.165) is 24.0 Å². The average Bonchev–Trinajstić information content (AvgIpc) is 2.74. The van der Waals surface area contributed by atoms with Crippen molar-refractivity contribution in [1.29, 1.82) is 0 Å². The minimum Gasteiger partial charge on any atom is -0.398 e. The van der Waals surface area contributed by atoms with Gasteiger partial charge in [0.05, 0.1) is 0 Å². The summed E-state index contributed by atoms with van der Waals surface area (Å²) in [4.78, 5) is 4.57. The Morgan fingerprint density at radius 2 is 1.09 bits per heavy atom. The molecule has 0 bridgehead atoms. The fourth-order valence-electron chi connectivity index (χ4n) is 3.46. The lowest BCUT2D eigenvalue weighted by Crippen LogP contribution is -1.97. The maximum absolute atomic E-state index is 6.13. The molecule has 0 spiro atoms. The van der Waals surface area contributed by atoms with Gasteiger partial charge in [0, 0.05) is 22.5 Å². The quantitative estimate of drug-likeness (QED) is 0.435. The van der Waals surface area contributed by atoms with Gasteiger partial charge in [0.25, 0.3) is 0 Å². The lowest BCUT2D eigenvalue weighted by molar-refractivity contribution is 0.647. The summed E-state index contributed by atoms with van der Waals surface area (Å²) in [6, 6.07) is 17.8. The molecule has 3 nitrogen and oxygen atoms in total. The molecule has 32 heavy (non-hydrogen) atoms. The molecule has 3 heteroatoms. The number of anilines is 2. The molecular formula is C29H31N3. The summed E-state index contributed by atoms with van der Waals surface area (Å²) in [5, 5.41) is 0. The van der Waals surface area contributed by atoms with Crippen LogP contribution in [-0.2, 0) is 12.8 Å². The highest BCUT2D eigenvalue weighted by Crippen LogP contribution is 2.17. The van der Waals surface area contributed by atoms with Crippen molar-refractivity contribution in [3.05, 3.63) is 88.2 Å². The zero-order chi connectivity index (χ0) is 23.1. The molecule has 0 atom stereocenters. The number of nitrogens with two attached hydrogens (primary N) is 2. The van der Waals surface area contributed by atoms with Gasteiger partial charge in [-0.05, 0) is 84.0 Å². The Balaban J connectivity index is 1.84. The Kier molecular flexibility index (Phi) is 7.58. The van der Waals surface area contributed by atoms with Crippen molar-refractivity contribution in [3.8, 4) is 23.7 Å². The molecule has 0 saturated carbocycles. The summed E-state index contributed by atoms with van der Waals surface area (Å²) in [6.45, 7) is 8.80. The lowest BCUT2D eigenvalue weighted by Gasteiger charge is -2.07. The van der Waals surface area contributed by atoms with E-state index in [1.165, 1.54) is 11.1 Å². The second-order valence-electron chi connectivity index (χ2n) is 8.95. The molecule has 0 saturated heterocycles. The van der Waals surface area contributed by atoms with Crippen LogP contribution < -0.4 is 11.5 Å². The molecule has 3 aromatic rings. The molecule has 162 valence electrons. The first-order valence-corrected chi connectivity index (χ1v) is 11.1. The zero-order valence-electron chi connectivity index (χ0n) is 19.4. The van der Waals surface area contributed by atoms with E-state index in [9.17, 15) is 0 Å². The first kappa shape index (κ1) is 23.0. The van der Waals surface area contributed by atoms with Crippen molar-refractivity contribution < 1.29 is 0 Å². The summed E-state index contributed by atoms with van der Waals surface area (Å²) in [5.41, 5.74) is 19.1. The second kappa shape index (κ2) is 10.6. The summed E-state index contributed by atoms with van der Waals surface area (Å²) in [5.74, 6) is 13.8. The molecule has 1 heterocycles. The van der Waals surface area contributed by atoms with Crippen molar-refractivity contribution in [3.63, 3.8) is 0 Å². The largest absolute Gasteiger partial charge is 0.398 e. The molecule has 4 N–H and O–H groups in total. The Bertz CT molecular complexity index is 1120. The SMILES string of the molecule is CC(C)Cc1ccc(N)c(C#Cc2cccc(C#Cc3cc(CC(C)C)ccc3N)n2)c1. The fraction of sp³-hybridized carbons (Fsp3) is 0.276. The number of benzene rings is 2. The van der Waals surface area contributed by atoms with Gasteiger partial charge in [0.15, 0.2) is 0 Å². The molecule has 0 aliphatic carbocycles. The maximum atomic E-state index is 6.13. The van der Waals surface area contributed by atoms with Gasteiger partial charge < -0.3 is 11.5 Å². The molecule has 0 aliphatic rings. The minimum atomic E-state index is 0.580. The van der Waals surface area contributed by atoms with Crippen LogP contribution in [0.25, 0.3) is 0 Å². The van der Waals surface area contributed by atoms with Gasteiger partial charge in [-0.3, -0.25) is 0 Å². The van der Waals surface area contributed by atoms with Crippen molar-refractivity contribution in [2.24, 2.45) is 11.8 Å². The van der Waals surface area contributed by atoms with E-state index in [1.807, 2.05) is 30.3 Å². The van der Waals surface area contributed by atoms with E-state index in [2.05, 4.69) is 80.6 Å². The topological polar surface area (TPSA) is 64.9 Å². The minimum absolute atomic E-state index is 0.580. The predicted molar refractivity (Wildman–Crippen MR) is 135 cm³/mol. The average molecular weight is 422 g/mol. The number of rotatable bonds is 4. The van der Waals surface area contributed by atoms with Crippen LogP contribution in [0.15, 0.2) is 54.6 Å². The number of hydrogen-bond acceptors (Lipinski definition) is 3. The first-order chi connectivity index (χ1) is 15.3. The number of hydrogen-bond donors (Lipinski definition) is 2. The van der Waals surface area contributed by atoms with Crippen LogP contribution in [0.4, 0.5) is 11.4 Å². The van der Waals surface area contributed by atoms with E-state index >= 15 is 0 Å². The van der Waals surface area contributed by atoms with Crippen molar-refractivity contribution in [1.82, 2.24) is 4.98 Å². The van der Waals surface area contributed by atoms with E-state index in [0.29, 0.717) is 34.6 Å². The summed E-state index contributed by atoms with van der Waals surface area (Å²) in [7, 11) is 0. The van der Waals surface area contributed by atoms with Gasteiger partial charge in [-0.2, -0.15) is 0 Å². The molecule has 3 rings (SSSR count). The highest BCUT2D eigenvalue weighted by molar-refractivity contribution is 5.59. The Hall–Kier alpha value is -3.69. The van der Waals surface area contributed by atoms with Crippen molar-refractivity contribution >= 4 is 11.4 Å². The molecular weight excluding hydrogens is 390 g/mol. The third-order valence-corrected chi connectivity index (χ3v) is 4.92. The molecule has 0 amide bonds. The lowest BCUT2D eigenvalue weighted by atomic mass is 10.00. The highest BCUT2D eigenvalue weighted by atomic mass is 14.7. The molecule has 1 aromatic heterocycles. The fourth-order valence-corrected chi connectivity index (χ4v) is 3.46. The third kappa shape index (κ3) is 6.66. The summed E-state index contributed by atoms with van der Waals surface area (Å²) >= 11 is 0. The van der Waals surface area contributed by atoms with Crippen LogP contribution in [0, 0.1) is 35.5 Å². The Labute approximate surface area is 192 Å². The Morgan fingerprint density at radius 1 is 0.656 bits per heavy atom. The summed E-state index contributed by atoms with van der Waals surface area (Å²) < 4.78 is 0. The number of nitrogens with zero attached hydrogens (tertiary/aromatic N) is 1. The monoisotopic (exact) mass is 421 g/mol. The van der Waals surface area contributed by atoms with Crippen LogP contribution in [0.3, 0.4) is 0 Å². The van der Waals surface area contributed by atoms with Gasteiger partial charge in [-0.25, -0.2) is 4.98 Å². The van der Waals surface area contributed by atoms with Crippen molar-refractivity contribution in [2.75, 3.05) is 11.5 Å². The number of nitrogen functional groups attached to an aromatic ring is 2. The molecule has 0 fully saturated rings. The van der Waals surface area contributed by atoms with Crippen LogP contribution in [-0.4, -0.2) is 4.98 Å². The van der Waals surface area contributed by atoms with Crippen molar-refractivity contribution in [2.45, 2.75) is 40.5 Å². The second-order valence-corrected chi connectivity index (χ2v) is 8.95. The van der Waals surface area contributed by atoms with Gasteiger partial charge in [-0.15, -0.1) is 0 Å². The molecule has 0 aliphatic heterocycles. The van der Waals surface area contributed by atoms with Crippen LogP contribution in [0.5, 0.6) is 0 Å². The molecule has 0 unspecified atom stereocenters. The predicted octanol–water partition coefficient (Wildman–Crippen LogP) is 5.44. The molecule has 2 aromatic carbocycles. The maximum Gasteiger partial charge on any atom is 0.115 e. The van der Waals surface area contributed by atoms with E-state index in [1.54, 1.807) is 0 Å². The van der Waals surface area contributed by atoms with Crippen LogP contribution >= 0.6 is 0 Å².